The highest BCUT2D eigenvalue weighted by Crippen LogP contribution is 2.29. The molecule has 0 aliphatic heterocycles. The number of benzene rings is 2. The molecule has 3 aromatic rings. The van der Waals surface area contributed by atoms with Crippen molar-refractivity contribution in [1.29, 1.82) is 0 Å². The molecule has 0 aliphatic rings. The van der Waals surface area contributed by atoms with Crippen molar-refractivity contribution in [2.45, 2.75) is 0 Å². The van der Waals surface area contributed by atoms with Gasteiger partial charge in [0.1, 0.15) is 11.3 Å². The Labute approximate surface area is 105 Å². The van der Waals surface area contributed by atoms with Crippen molar-refractivity contribution >= 4 is 27.0 Å². The van der Waals surface area contributed by atoms with E-state index in [-0.39, 0.29) is 5.82 Å². The predicted octanol–water partition coefficient (Wildman–Crippen LogP) is 4.40. The lowest BCUT2D eigenvalue weighted by Crippen LogP contribution is -1.77. The number of oxazole rings is 1. The largest absolute Gasteiger partial charge is 0.435 e. The van der Waals surface area contributed by atoms with Crippen molar-refractivity contribution in [3.63, 3.8) is 0 Å². The summed E-state index contributed by atoms with van der Waals surface area (Å²) in [7, 11) is 0. The lowest BCUT2D eigenvalue weighted by Gasteiger charge is -1.93. The molecule has 0 saturated heterocycles. The molecule has 3 rings (SSSR count). The van der Waals surface area contributed by atoms with E-state index in [0.717, 1.165) is 15.6 Å². The Balaban J connectivity index is 2.18. The fourth-order valence-electron chi connectivity index (χ4n) is 1.63. The normalized spacial score (nSPS) is 10.9. The molecule has 0 unspecified atom stereocenters. The summed E-state index contributed by atoms with van der Waals surface area (Å²) in [5, 5.41) is 0. The molecule has 0 aliphatic carbocycles. The summed E-state index contributed by atoms with van der Waals surface area (Å²) in [4.78, 5) is 4.35. The maximum atomic E-state index is 12.8. The number of aromatic nitrogens is 1. The van der Waals surface area contributed by atoms with Crippen LogP contribution in [0.1, 0.15) is 0 Å². The first-order chi connectivity index (χ1) is 8.24. The molecule has 0 fully saturated rings. The molecule has 1 heterocycles. The van der Waals surface area contributed by atoms with Gasteiger partial charge in [0.25, 0.3) is 0 Å². The second kappa shape index (κ2) is 3.96. The highest BCUT2D eigenvalue weighted by Gasteiger charge is 2.09. The first kappa shape index (κ1) is 10.5. The molecule has 84 valence electrons. The second-order valence-electron chi connectivity index (χ2n) is 3.61. The monoisotopic (exact) mass is 291 g/mol. The average Bonchev–Trinajstić information content (AvgIpc) is 2.75. The van der Waals surface area contributed by atoms with Gasteiger partial charge in [-0.25, -0.2) is 9.37 Å². The molecule has 1 aromatic heterocycles. The van der Waals surface area contributed by atoms with Crippen LogP contribution in [0.4, 0.5) is 4.39 Å². The molecule has 0 N–H and O–H groups in total. The first-order valence-corrected chi connectivity index (χ1v) is 5.84. The summed E-state index contributed by atoms with van der Waals surface area (Å²) in [5.74, 6) is 0.220. The zero-order chi connectivity index (χ0) is 11.8. The van der Waals surface area contributed by atoms with E-state index in [9.17, 15) is 4.39 Å². The van der Waals surface area contributed by atoms with Crippen molar-refractivity contribution in [2.24, 2.45) is 0 Å². The van der Waals surface area contributed by atoms with Crippen molar-refractivity contribution < 1.29 is 8.81 Å². The molecular weight excluding hydrogens is 285 g/mol. The minimum atomic E-state index is -0.272. The van der Waals surface area contributed by atoms with Gasteiger partial charge in [0, 0.05) is 5.56 Å². The molecule has 0 amide bonds. The van der Waals surface area contributed by atoms with Gasteiger partial charge in [-0.2, -0.15) is 0 Å². The summed E-state index contributed by atoms with van der Waals surface area (Å²) in [5.41, 5.74) is 2.24. The van der Waals surface area contributed by atoms with Gasteiger partial charge in [0.15, 0.2) is 5.58 Å². The topological polar surface area (TPSA) is 26.0 Å². The standard InChI is InChI=1S/C13H7BrFNO/c14-10-2-1-3-11-12(10)17-13(16-11)8-4-6-9(15)7-5-8/h1-7H. The van der Waals surface area contributed by atoms with Gasteiger partial charge in [-0.15, -0.1) is 0 Å². The fraction of sp³-hybridized carbons (Fsp3) is 0. The maximum absolute atomic E-state index is 12.8. The van der Waals surface area contributed by atoms with Crippen LogP contribution in [0.5, 0.6) is 0 Å². The van der Waals surface area contributed by atoms with Crippen LogP contribution < -0.4 is 0 Å². The van der Waals surface area contributed by atoms with Crippen molar-refractivity contribution in [3.8, 4) is 11.5 Å². The summed E-state index contributed by atoms with van der Waals surface area (Å²) in [6, 6.07) is 11.7. The van der Waals surface area contributed by atoms with Gasteiger partial charge in [0.05, 0.1) is 4.47 Å². The molecule has 0 spiro atoms. The van der Waals surface area contributed by atoms with Crippen LogP contribution in [0.3, 0.4) is 0 Å². The van der Waals surface area contributed by atoms with E-state index in [1.165, 1.54) is 12.1 Å². The third-order valence-electron chi connectivity index (χ3n) is 2.46. The molecule has 0 radical (unpaired) electrons. The third-order valence-corrected chi connectivity index (χ3v) is 3.08. The van der Waals surface area contributed by atoms with Crippen molar-refractivity contribution in [3.05, 3.63) is 52.8 Å². The van der Waals surface area contributed by atoms with E-state index in [0.29, 0.717) is 11.5 Å². The highest BCUT2D eigenvalue weighted by molar-refractivity contribution is 9.10. The Hall–Kier alpha value is -1.68. The van der Waals surface area contributed by atoms with Crippen molar-refractivity contribution in [2.75, 3.05) is 0 Å². The second-order valence-corrected chi connectivity index (χ2v) is 4.47. The number of fused-ring (bicyclic) bond motifs is 1. The molecule has 17 heavy (non-hydrogen) atoms. The van der Waals surface area contributed by atoms with E-state index < -0.39 is 0 Å². The predicted molar refractivity (Wildman–Crippen MR) is 67.1 cm³/mol. The fourth-order valence-corrected chi connectivity index (χ4v) is 2.07. The van der Waals surface area contributed by atoms with Crippen LogP contribution in [-0.2, 0) is 0 Å². The Morgan fingerprint density at radius 3 is 2.53 bits per heavy atom. The molecule has 2 aromatic carbocycles. The zero-order valence-corrected chi connectivity index (χ0v) is 10.2. The zero-order valence-electron chi connectivity index (χ0n) is 8.65. The number of halogens is 2. The maximum Gasteiger partial charge on any atom is 0.227 e. The van der Waals surface area contributed by atoms with E-state index in [1.54, 1.807) is 12.1 Å². The third kappa shape index (κ3) is 1.85. The van der Waals surface area contributed by atoms with Gasteiger partial charge in [0.2, 0.25) is 5.89 Å². The number of hydrogen-bond donors (Lipinski definition) is 0. The summed E-state index contributed by atoms with van der Waals surface area (Å²) >= 11 is 3.40. The highest BCUT2D eigenvalue weighted by atomic mass is 79.9. The van der Waals surface area contributed by atoms with Gasteiger partial charge in [-0.1, -0.05) is 6.07 Å². The average molecular weight is 292 g/mol. The number of rotatable bonds is 1. The quantitative estimate of drug-likeness (QED) is 0.664. The summed E-state index contributed by atoms with van der Waals surface area (Å²) < 4.78 is 19.3. The van der Waals surface area contributed by atoms with Gasteiger partial charge in [-0.05, 0) is 52.3 Å². The molecule has 2 nitrogen and oxygen atoms in total. The molecule has 0 bridgehead atoms. The van der Waals surface area contributed by atoms with Crippen LogP contribution in [0.15, 0.2) is 51.4 Å². The van der Waals surface area contributed by atoms with Crippen LogP contribution in [0.2, 0.25) is 0 Å². The molecule has 0 saturated carbocycles. The van der Waals surface area contributed by atoms with Crippen LogP contribution in [0.25, 0.3) is 22.6 Å². The number of hydrogen-bond acceptors (Lipinski definition) is 2. The minimum absolute atomic E-state index is 0.272. The van der Waals surface area contributed by atoms with Crippen molar-refractivity contribution in [1.82, 2.24) is 4.98 Å². The summed E-state index contributed by atoms with van der Waals surface area (Å²) in [6.45, 7) is 0. The lowest BCUT2D eigenvalue weighted by molar-refractivity contribution is 0.615. The Kier molecular flexibility index (Phi) is 2.44. The minimum Gasteiger partial charge on any atom is -0.435 e. The van der Waals surface area contributed by atoms with Crippen LogP contribution >= 0.6 is 15.9 Å². The SMILES string of the molecule is Fc1ccc(-c2nc3cccc(Br)c3o2)cc1. The molecule has 0 atom stereocenters. The van der Waals surface area contributed by atoms with Gasteiger partial charge in [-0.3, -0.25) is 0 Å². The smallest absolute Gasteiger partial charge is 0.227 e. The van der Waals surface area contributed by atoms with E-state index in [4.69, 9.17) is 4.42 Å². The van der Waals surface area contributed by atoms with Crippen LogP contribution in [0, 0.1) is 5.82 Å². The Morgan fingerprint density at radius 1 is 1.06 bits per heavy atom. The number of nitrogens with zero attached hydrogens (tertiary/aromatic N) is 1. The lowest BCUT2D eigenvalue weighted by atomic mass is 10.2. The summed E-state index contributed by atoms with van der Waals surface area (Å²) in [6.07, 6.45) is 0. The Bertz CT molecular complexity index is 675. The Morgan fingerprint density at radius 2 is 1.82 bits per heavy atom. The van der Waals surface area contributed by atoms with Gasteiger partial charge >= 0.3 is 0 Å². The molecular formula is C13H7BrFNO. The molecule has 4 heteroatoms. The number of para-hydroxylation sites is 1. The van der Waals surface area contributed by atoms with Gasteiger partial charge < -0.3 is 4.42 Å². The van der Waals surface area contributed by atoms with E-state index in [2.05, 4.69) is 20.9 Å². The van der Waals surface area contributed by atoms with Crippen LogP contribution in [-0.4, -0.2) is 4.98 Å². The van der Waals surface area contributed by atoms with E-state index >= 15 is 0 Å². The van der Waals surface area contributed by atoms with E-state index in [1.807, 2.05) is 18.2 Å². The first-order valence-electron chi connectivity index (χ1n) is 5.05.